The number of carbonyl (C=O) groups is 1. The summed E-state index contributed by atoms with van der Waals surface area (Å²) in [6.07, 6.45) is 0.630. The lowest BCUT2D eigenvalue weighted by molar-refractivity contribution is -0.211. The minimum absolute atomic E-state index is 0.360. The molecule has 0 aliphatic carbocycles. The van der Waals surface area contributed by atoms with E-state index in [1.807, 2.05) is 24.3 Å². The molecule has 0 unspecified atom stereocenters. The number of aldehydes is 1. The van der Waals surface area contributed by atoms with Gasteiger partial charge in [-0.1, -0.05) is 12.1 Å². The van der Waals surface area contributed by atoms with Gasteiger partial charge in [0.15, 0.2) is 6.29 Å². The van der Waals surface area contributed by atoms with Crippen LogP contribution in [0.4, 0.5) is 0 Å². The van der Waals surface area contributed by atoms with E-state index in [1.54, 1.807) is 7.11 Å². The summed E-state index contributed by atoms with van der Waals surface area (Å²) in [4.78, 5) is 10.6. The van der Waals surface area contributed by atoms with Crippen LogP contribution < -0.4 is 4.74 Å². The first-order valence-electron chi connectivity index (χ1n) is 5.20. The maximum absolute atomic E-state index is 10.6. The largest absolute Gasteiger partial charge is 0.497 e. The van der Waals surface area contributed by atoms with E-state index >= 15 is 0 Å². The molecule has 0 bridgehead atoms. The van der Waals surface area contributed by atoms with E-state index in [0.29, 0.717) is 13.0 Å². The fourth-order valence-electron chi connectivity index (χ4n) is 1.59. The van der Waals surface area contributed by atoms with Crippen molar-refractivity contribution in [1.29, 1.82) is 0 Å². The molecule has 1 heterocycles. The molecule has 4 heteroatoms. The van der Waals surface area contributed by atoms with Gasteiger partial charge in [0.05, 0.1) is 13.7 Å². The number of rotatable bonds is 3. The highest BCUT2D eigenvalue weighted by molar-refractivity contribution is 5.56. The quantitative estimate of drug-likeness (QED) is 0.730. The molecule has 1 aromatic carbocycles. The topological polar surface area (TPSA) is 44.8 Å². The highest BCUT2D eigenvalue weighted by Crippen LogP contribution is 2.26. The van der Waals surface area contributed by atoms with Gasteiger partial charge in [-0.2, -0.15) is 0 Å². The monoisotopic (exact) mass is 222 g/mol. The van der Waals surface area contributed by atoms with Crippen molar-refractivity contribution in [3.8, 4) is 5.75 Å². The zero-order valence-electron chi connectivity index (χ0n) is 9.09. The van der Waals surface area contributed by atoms with Gasteiger partial charge in [-0.05, 0) is 12.1 Å². The number of hydrogen-bond acceptors (Lipinski definition) is 4. The Balaban J connectivity index is 2.07. The van der Waals surface area contributed by atoms with E-state index in [4.69, 9.17) is 14.2 Å². The Morgan fingerprint density at radius 3 is 2.75 bits per heavy atom. The Labute approximate surface area is 94.1 Å². The van der Waals surface area contributed by atoms with Crippen molar-refractivity contribution in [2.24, 2.45) is 0 Å². The molecular formula is C12H14O4. The van der Waals surface area contributed by atoms with Gasteiger partial charge in [0, 0.05) is 12.0 Å². The minimum Gasteiger partial charge on any atom is -0.497 e. The fraction of sp³-hybridized carbons (Fsp3) is 0.417. The summed E-state index contributed by atoms with van der Waals surface area (Å²) >= 11 is 0. The molecule has 1 aliphatic heterocycles. The van der Waals surface area contributed by atoms with Crippen LogP contribution in [0, 0.1) is 0 Å². The first-order chi connectivity index (χ1) is 7.83. The van der Waals surface area contributed by atoms with Crippen LogP contribution in [0.5, 0.6) is 5.75 Å². The predicted octanol–water partition coefficient (Wildman–Crippen LogP) is 1.70. The number of carbonyl (C=O) groups excluding carboxylic acids is 1. The molecule has 16 heavy (non-hydrogen) atoms. The molecule has 0 spiro atoms. The zero-order chi connectivity index (χ0) is 11.4. The van der Waals surface area contributed by atoms with E-state index < -0.39 is 6.29 Å². The summed E-state index contributed by atoms with van der Waals surface area (Å²) in [5, 5.41) is 0. The first kappa shape index (κ1) is 11.1. The molecule has 1 saturated heterocycles. The fourth-order valence-corrected chi connectivity index (χ4v) is 1.59. The van der Waals surface area contributed by atoms with Gasteiger partial charge in [-0.25, -0.2) is 0 Å². The van der Waals surface area contributed by atoms with Crippen LogP contribution in [0.25, 0.3) is 0 Å². The standard InChI is InChI=1S/C12H14O4/c1-14-10-4-2-9(3-5-10)12-15-7-6-11(8-13)16-12/h2-5,8,11-12H,6-7H2,1H3/t11-,12+/m1/s1. The van der Waals surface area contributed by atoms with E-state index in [2.05, 4.69) is 0 Å². The third-order valence-corrected chi connectivity index (χ3v) is 2.51. The highest BCUT2D eigenvalue weighted by atomic mass is 16.7. The lowest BCUT2D eigenvalue weighted by Crippen LogP contribution is -2.27. The van der Waals surface area contributed by atoms with E-state index in [-0.39, 0.29) is 6.10 Å². The Morgan fingerprint density at radius 1 is 1.38 bits per heavy atom. The molecule has 1 fully saturated rings. The maximum Gasteiger partial charge on any atom is 0.184 e. The molecule has 86 valence electrons. The average Bonchev–Trinajstić information content (AvgIpc) is 2.39. The van der Waals surface area contributed by atoms with Crippen molar-refractivity contribution in [2.45, 2.75) is 18.8 Å². The first-order valence-corrected chi connectivity index (χ1v) is 5.20. The van der Waals surface area contributed by atoms with Gasteiger partial charge in [0.25, 0.3) is 0 Å². The number of ether oxygens (including phenoxy) is 3. The second-order valence-corrected chi connectivity index (χ2v) is 3.58. The number of hydrogen-bond donors (Lipinski definition) is 0. The summed E-state index contributed by atoms with van der Waals surface area (Å²) in [7, 11) is 1.62. The Morgan fingerprint density at radius 2 is 2.12 bits per heavy atom. The molecule has 0 aromatic heterocycles. The third-order valence-electron chi connectivity index (χ3n) is 2.51. The van der Waals surface area contributed by atoms with E-state index in [9.17, 15) is 4.79 Å². The molecule has 0 saturated carbocycles. The molecular weight excluding hydrogens is 208 g/mol. The van der Waals surface area contributed by atoms with Crippen molar-refractivity contribution < 1.29 is 19.0 Å². The van der Waals surface area contributed by atoms with Gasteiger partial charge in [0.1, 0.15) is 18.1 Å². The summed E-state index contributed by atoms with van der Waals surface area (Å²) in [5.41, 5.74) is 0.896. The minimum atomic E-state index is -0.449. The van der Waals surface area contributed by atoms with Crippen LogP contribution >= 0.6 is 0 Å². The highest BCUT2D eigenvalue weighted by Gasteiger charge is 2.23. The summed E-state index contributed by atoms with van der Waals surface area (Å²) < 4.78 is 16.0. The normalized spacial score (nSPS) is 25.1. The van der Waals surface area contributed by atoms with Crippen LogP contribution in [-0.4, -0.2) is 26.1 Å². The van der Waals surface area contributed by atoms with Gasteiger partial charge in [-0.15, -0.1) is 0 Å². The lowest BCUT2D eigenvalue weighted by atomic mass is 10.2. The smallest absolute Gasteiger partial charge is 0.184 e. The van der Waals surface area contributed by atoms with Crippen LogP contribution in [0.3, 0.4) is 0 Å². The third kappa shape index (κ3) is 2.40. The van der Waals surface area contributed by atoms with Crippen molar-refractivity contribution >= 4 is 6.29 Å². The molecule has 1 aromatic rings. The molecule has 4 nitrogen and oxygen atoms in total. The number of methoxy groups -OCH3 is 1. The molecule has 0 amide bonds. The van der Waals surface area contributed by atoms with Gasteiger partial charge in [0.2, 0.25) is 0 Å². The molecule has 2 atom stereocenters. The van der Waals surface area contributed by atoms with Crippen molar-refractivity contribution in [1.82, 2.24) is 0 Å². The Hall–Kier alpha value is -1.39. The van der Waals surface area contributed by atoms with Gasteiger partial charge >= 0.3 is 0 Å². The molecule has 2 rings (SSSR count). The predicted molar refractivity (Wildman–Crippen MR) is 57.2 cm³/mol. The molecule has 1 aliphatic rings. The van der Waals surface area contributed by atoms with Gasteiger partial charge in [-0.3, -0.25) is 0 Å². The second kappa shape index (κ2) is 5.09. The van der Waals surface area contributed by atoms with Crippen molar-refractivity contribution in [3.63, 3.8) is 0 Å². The molecule has 0 radical (unpaired) electrons. The second-order valence-electron chi connectivity index (χ2n) is 3.58. The summed E-state index contributed by atoms with van der Waals surface area (Å²) in [6.45, 7) is 0.542. The van der Waals surface area contributed by atoms with Crippen LogP contribution in [-0.2, 0) is 14.3 Å². The van der Waals surface area contributed by atoms with Crippen LogP contribution in [0.1, 0.15) is 18.3 Å². The summed E-state index contributed by atoms with van der Waals surface area (Å²) in [6, 6.07) is 7.42. The Kier molecular flexibility index (Phi) is 3.54. The van der Waals surface area contributed by atoms with Crippen molar-refractivity contribution in [3.05, 3.63) is 29.8 Å². The average molecular weight is 222 g/mol. The zero-order valence-corrected chi connectivity index (χ0v) is 9.09. The number of benzene rings is 1. The van der Waals surface area contributed by atoms with Crippen LogP contribution in [0.2, 0.25) is 0 Å². The van der Waals surface area contributed by atoms with Crippen molar-refractivity contribution in [2.75, 3.05) is 13.7 Å². The van der Waals surface area contributed by atoms with Crippen LogP contribution in [0.15, 0.2) is 24.3 Å². The Bertz CT molecular complexity index is 347. The SMILES string of the molecule is COc1ccc([C@H]2OCC[C@H](C=O)O2)cc1. The van der Waals surface area contributed by atoms with E-state index in [1.165, 1.54) is 0 Å². The maximum atomic E-state index is 10.6. The summed E-state index contributed by atoms with van der Waals surface area (Å²) in [5.74, 6) is 0.784. The lowest BCUT2D eigenvalue weighted by Gasteiger charge is -2.27. The van der Waals surface area contributed by atoms with Gasteiger partial charge < -0.3 is 19.0 Å². The molecule has 0 N–H and O–H groups in total. The van der Waals surface area contributed by atoms with E-state index in [0.717, 1.165) is 17.6 Å².